The van der Waals surface area contributed by atoms with E-state index >= 15 is 0 Å². The summed E-state index contributed by atoms with van der Waals surface area (Å²) >= 11 is 0. The van der Waals surface area contributed by atoms with Crippen LogP contribution in [0.2, 0.25) is 0 Å². The first-order valence-corrected chi connectivity index (χ1v) is 6.20. The van der Waals surface area contributed by atoms with Gasteiger partial charge in [0.05, 0.1) is 16.4 Å². The van der Waals surface area contributed by atoms with Gasteiger partial charge in [0.1, 0.15) is 0 Å². The highest BCUT2D eigenvalue weighted by Gasteiger charge is 2.19. The third-order valence-electron chi connectivity index (χ3n) is 1.95. The van der Waals surface area contributed by atoms with Gasteiger partial charge in [-0.25, -0.2) is 8.42 Å². The average molecular weight is 272 g/mol. The maximum absolute atomic E-state index is 13.3. The second-order valence-electron chi connectivity index (χ2n) is 3.12. The summed E-state index contributed by atoms with van der Waals surface area (Å²) in [4.78, 5) is 9.06. The summed E-state index contributed by atoms with van der Waals surface area (Å²) in [5.41, 5.74) is -0.776. The van der Waals surface area contributed by atoms with Crippen molar-refractivity contribution in [1.29, 1.82) is 0 Å². The van der Waals surface area contributed by atoms with E-state index in [9.17, 15) is 22.9 Å². The fraction of sp³-hybridized carbons (Fsp3) is 0.200. The number of nitrogens with zero attached hydrogens (tertiary/aromatic N) is 1. The molecule has 0 saturated carbocycles. The Labute approximate surface area is 103 Å². The van der Waals surface area contributed by atoms with Gasteiger partial charge >= 0.3 is 5.69 Å². The molecule has 0 fully saturated rings. The highest BCUT2D eigenvalue weighted by molar-refractivity contribution is 7.89. The Morgan fingerprint density at radius 1 is 1.50 bits per heavy atom. The minimum atomic E-state index is -3.91. The molecule has 1 aromatic rings. The molecule has 8 heteroatoms. The van der Waals surface area contributed by atoms with Crippen LogP contribution in [0.1, 0.15) is 6.92 Å². The summed E-state index contributed by atoms with van der Waals surface area (Å²) in [5, 5.41) is 10.4. The number of rotatable bonds is 4. The fourth-order valence-corrected chi connectivity index (χ4v) is 2.04. The van der Waals surface area contributed by atoms with Crippen molar-refractivity contribution in [1.82, 2.24) is 4.72 Å². The Bertz CT molecular complexity index is 631. The van der Waals surface area contributed by atoms with Gasteiger partial charge in [-0.3, -0.25) is 10.1 Å². The van der Waals surface area contributed by atoms with E-state index in [1.165, 1.54) is 0 Å². The van der Waals surface area contributed by atoms with Crippen LogP contribution in [0.4, 0.5) is 10.1 Å². The van der Waals surface area contributed by atoms with Gasteiger partial charge in [-0.1, -0.05) is 5.92 Å². The predicted molar refractivity (Wildman–Crippen MR) is 61.7 cm³/mol. The molecule has 0 amide bonds. The van der Waals surface area contributed by atoms with Crippen LogP contribution in [0.25, 0.3) is 0 Å². The summed E-state index contributed by atoms with van der Waals surface area (Å²) < 4.78 is 38.6. The Balaban J connectivity index is 3.06. The molecule has 96 valence electrons. The van der Waals surface area contributed by atoms with Crippen LogP contribution in [-0.4, -0.2) is 19.9 Å². The van der Waals surface area contributed by atoms with Crippen LogP contribution < -0.4 is 4.72 Å². The van der Waals surface area contributed by atoms with Crippen molar-refractivity contribution in [3.05, 3.63) is 34.1 Å². The van der Waals surface area contributed by atoms with E-state index in [0.717, 1.165) is 12.1 Å². The van der Waals surface area contributed by atoms with Crippen LogP contribution in [0.3, 0.4) is 0 Å². The molecule has 0 aliphatic carbocycles. The molecule has 6 nitrogen and oxygen atoms in total. The Hall–Kier alpha value is -1.98. The Morgan fingerprint density at radius 3 is 2.67 bits per heavy atom. The van der Waals surface area contributed by atoms with E-state index in [1.54, 1.807) is 6.92 Å². The first kappa shape index (κ1) is 14.1. The summed E-state index contributed by atoms with van der Waals surface area (Å²) in [6, 6.07) is 2.36. The fourth-order valence-electron chi connectivity index (χ4n) is 1.11. The van der Waals surface area contributed by atoms with E-state index in [-0.39, 0.29) is 11.4 Å². The average Bonchev–Trinajstić information content (AvgIpc) is 2.28. The van der Waals surface area contributed by atoms with Crippen molar-refractivity contribution in [3.8, 4) is 11.8 Å². The first-order chi connectivity index (χ1) is 8.38. The minimum absolute atomic E-state index is 0.114. The second-order valence-corrected chi connectivity index (χ2v) is 4.89. The molecule has 0 aromatic heterocycles. The Kier molecular flexibility index (Phi) is 4.36. The second kappa shape index (κ2) is 5.57. The topological polar surface area (TPSA) is 89.3 Å². The molecular formula is C10H9FN2O4S. The molecule has 0 saturated heterocycles. The summed E-state index contributed by atoms with van der Waals surface area (Å²) in [7, 11) is -3.91. The van der Waals surface area contributed by atoms with Gasteiger partial charge in [0.2, 0.25) is 15.8 Å². The van der Waals surface area contributed by atoms with Crippen molar-refractivity contribution in [3.63, 3.8) is 0 Å². The van der Waals surface area contributed by atoms with Crippen LogP contribution in [0.5, 0.6) is 0 Å². The molecular weight excluding hydrogens is 263 g/mol. The van der Waals surface area contributed by atoms with E-state index in [2.05, 4.69) is 16.6 Å². The maximum Gasteiger partial charge on any atom is 0.304 e. The van der Waals surface area contributed by atoms with E-state index in [0.29, 0.717) is 6.07 Å². The number of hydrogen-bond donors (Lipinski definition) is 1. The normalized spacial score (nSPS) is 10.6. The molecule has 0 atom stereocenters. The lowest BCUT2D eigenvalue weighted by Crippen LogP contribution is -2.24. The molecule has 1 N–H and O–H groups in total. The largest absolute Gasteiger partial charge is 0.304 e. The third-order valence-corrected chi connectivity index (χ3v) is 3.35. The zero-order chi connectivity index (χ0) is 13.8. The van der Waals surface area contributed by atoms with Gasteiger partial charge in [-0.15, -0.1) is 5.92 Å². The van der Waals surface area contributed by atoms with Crippen molar-refractivity contribution in [2.75, 3.05) is 6.54 Å². The van der Waals surface area contributed by atoms with Gasteiger partial charge in [0.15, 0.2) is 0 Å². The summed E-state index contributed by atoms with van der Waals surface area (Å²) in [6.45, 7) is 1.43. The smallest absolute Gasteiger partial charge is 0.258 e. The lowest BCUT2D eigenvalue weighted by molar-refractivity contribution is -0.387. The van der Waals surface area contributed by atoms with E-state index in [4.69, 9.17) is 0 Å². The van der Waals surface area contributed by atoms with Crippen molar-refractivity contribution in [2.45, 2.75) is 11.8 Å². The zero-order valence-electron chi connectivity index (χ0n) is 9.31. The van der Waals surface area contributed by atoms with Gasteiger partial charge in [-0.2, -0.15) is 9.11 Å². The van der Waals surface area contributed by atoms with Gasteiger partial charge in [-0.05, 0) is 13.0 Å². The molecule has 0 aliphatic rings. The first-order valence-electron chi connectivity index (χ1n) is 4.71. The molecule has 1 rings (SSSR count). The monoisotopic (exact) mass is 272 g/mol. The molecule has 1 aromatic carbocycles. The molecule has 0 bridgehead atoms. The molecule has 0 heterocycles. The number of nitro groups is 1. The SMILES string of the molecule is CC#CCNS(=O)(=O)c1ccc([N+](=O)[O-])c(F)c1. The van der Waals surface area contributed by atoms with E-state index < -0.39 is 26.5 Å². The maximum atomic E-state index is 13.3. The number of halogens is 1. The lowest BCUT2D eigenvalue weighted by atomic mass is 10.3. The highest BCUT2D eigenvalue weighted by atomic mass is 32.2. The molecule has 18 heavy (non-hydrogen) atoms. The third kappa shape index (κ3) is 3.26. The molecule has 0 radical (unpaired) electrons. The number of nitro benzene ring substituents is 1. The zero-order valence-corrected chi connectivity index (χ0v) is 10.1. The lowest BCUT2D eigenvalue weighted by Gasteiger charge is -2.03. The van der Waals surface area contributed by atoms with Crippen molar-refractivity contribution in [2.24, 2.45) is 0 Å². The van der Waals surface area contributed by atoms with Gasteiger partial charge < -0.3 is 0 Å². The van der Waals surface area contributed by atoms with Crippen molar-refractivity contribution >= 4 is 15.7 Å². The van der Waals surface area contributed by atoms with Crippen molar-refractivity contribution < 1.29 is 17.7 Å². The predicted octanol–water partition coefficient (Wildman–Crippen LogP) is 1.04. The van der Waals surface area contributed by atoms with Crippen LogP contribution in [0, 0.1) is 27.8 Å². The summed E-state index contributed by atoms with van der Waals surface area (Å²) in [5.74, 6) is 3.76. The highest BCUT2D eigenvalue weighted by Crippen LogP contribution is 2.20. The van der Waals surface area contributed by atoms with Crippen LogP contribution in [-0.2, 0) is 10.0 Å². The summed E-state index contributed by atoms with van der Waals surface area (Å²) in [6.07, 6.45) is 0. The van der Waals surface area contributed by atoms with Crippen LogP contribution in [0.15, 0.2) is 23.1 Å². The minimum Gasteiger partial charge on any atom is -0.258 e. The molecule has 0 spiro atoms. The Morgan fingerprint density at radius 2 is 2.17 bits per heavy atom. The van der Waals surface area contributed by atoms with Gasteiger partial charge in [0, 0.05) is 12.1 Å². The standard InChI is InChI=1S/C10H9FN2O4S/c1-2-3-6-12-18(16,17)8-4-5-10(13(14)15)9(11)7-8/h4-5,7,12H,6H2,1H3. The molecule has 0 unspecified atom stereocenters. The van der Waals surface area contributed by atoms with Gasteiger partial charge in [0.25, 0.3) is 0 Å². The number of sulfonamides is 1. The van der Waals surface area contributed by atoms with Crippen LogP contribution >= 0.6 is 0 Å². The number of hydrogen-bond acceptors (Lipinski definition) is 4. The van der Waals surface area contributed by atoms with E-state index in [1.807, 2.05) is 0 Å². The quantitative estimate of drug-likeness (QED) is 0.503. The number of benzene rings is 1. The molecule has 0 aliphatic heterocycles. The number of nitrogens with one attached hydrogen (secondary N) is 1.